The summed E-state index contributed by atoms with van der Waals surface area (Å²) in [5.41, 5.74) is 1.95. The molecule has 0 fully saturated rings. The summed E-state index contributed by atoms with van der Waals surface area (Å²) in [5.74, 6) is 0.137. The number of aromatic nitrogens is 4. The van der Waals surface area contributed by atoms with Crippen molar-refractivity contribution in [1.29, 1.82) is 0 Å². The average Bonchev–Trinajstić information content (AvgIpc) is 3.14. The molecule has 1 atom stereocenters. The van der Waals surface area contributed by atoms with E-state index in [9.17, 15) is 9.90 Å². The minimum atomic E-state index is -0.340. The van der Waals surface area contributed by atoms with E-state index in [1.807, 2.05) is 45.8 Å². The molecule has 1 N–H and O–H groups in total. The van der Waals surface area contributed by atoms with Gasteiger partial charge in [-0.3, -0.25) is 4.79 Å². The van der Waals surface area contributed by atoms with E-state index in [1.165, 1.54) is 6.07 Å². The normalized spacial score (nSPS) is 12.9. The van der Waals surface area contributed by atoms with Crippen LogP contribution in [0.5, 0.6) is 5.75 Å². The van der Waals surface area contributed by atoms with Gasteiger partial charge in [-0.05, 0) is 33.1 Å². The third-order valence-electron chi connectivity index (χ3n) is 4.95. The molecule has 6 heteroatoms. The first-order valence-corrected chi connectivity index (χ1v) is 9.15. The van der Waals surface area contributed by atoms with Gasteiger partial charge in [-0.2, -0.15) is 0 Å². The van der Waals surface area contributed by atoms with Gasteiger partial charge in [0.05, 0.1) is 17.4 Å². The highest BCUT2D eigenvalue weighted by molar-refractivity contribution is 5.57. The highest BCUT2D eigenvalue weighted by Crippen LogP contribution is 2.27. The van der Waals surface area contributed by atoms with Gasteiger partial charge in [0.25, 0.3) is 0 Å². The van der Waals surface area contributed by atoms with E-state index in [0.717, 1.165) is 17.7 Å². The maximum absolute atomic E-state index is 11.5. The number of pyridine rings is 1. The lowest BCUT2D eigenvalue weighted by Gasteiger charge is -2.29. The second-order valence-electron chi connectivity index (χ2n) is 7.80. The van der Waals surface area contributed by atoms with Crippen LogP contribution in [-0.2, 0) is 12.1 Å². The molecule has 2 heterocycles. The third kappa shape index (κ3) is 4.10. The van der Waals surface area contributed by atoms with Gasteiger partial charge in [-0.1, -0.05) is 42.5 Å². The van der Waals surface area contributed by atoms with Crippen molar-refractivity contribution in [3.63, 3.8) is 0 Å². The molecule has 2 aromatic heterocycles. The largest absolute Gasteiger partial charge is 0.503 e. The Morgan fingerprint density at radius 2 is 1.89 bits per heavy atom. The molecule has 0 aliphatic heterocycles. The van der Waals surface area contributed by atoms with E-state index in [1.54, 1.807) is 13.1 Å². The van der Waals surface area contributed by atoms with Crippen molar-refractivity contribution < 1.29 is 5.11 Å². The van der Waals surface area contributed by atoms with Crippen molar-refractivity contribution in [1.82, 2.24) is 19.6 Å². The molecule has 0 aliphatic rings. The fraction of sp³-hybridized carbons (Fsp3) is 0.381. The van der Waals surface area contributed by atoms with Crippen LogP contribution in [0.2, 0.25) is 0 Å². The summed E-state index contributed by atoms with van der Waals surface area (Å²) in [5, 5.41) is 18.5. The summed E-state index contributed by atoms with van der Waals surface area (Å²) >= 11 is 0. The Morgan fingerprint density at radius 3 is 2.59 bits per heavy atom. The number of rotatable bonds is 6. The Morgan fingerprint density at radius 1 is 1.19 bits per heavy atom. The number of aromatic hydroxyl groups is 1. The third-order valence-corrected chi connectivity index (χ3v) is 4.95. The molecule has 0 radical (unpaired) electrons. The van der Waals surface area contributed by atoms with Crippen molar-refractivity contribution in [2.75, 3.05) is 0 Å². The summed E-state index contributed by atoms with van der Waals surface area (Å²) in [4.78, 5) is 11.5. The zero-order valence-electron chi connectivity index (χ0n) is 16.3. The van der Waals surface area contributed by atoms with Crippen LogP contribution in [0, 0.1) is 12.8 Å². The maximum Gasteiger partial charge on any atom is 0.223 e. The summed E-state index contributed by atoms with van der Waals surface area (Å²) in [7, 11) is 0. The predicted molar refractivity (Wildman–Crippen MR) is 106 cm³/mol. The van der Waals surface area contributed by atoms with Gasteiger partial charge in [-0.15, -0.1) is 5.10 Å². The molecule has 142 valence electrons. The van der Waals surface area contributed by atoms with Crippen molar-refractivity contribution >= 4 is 0 Å². The highest BCUT2D eigenvalue weighted by Gasteiger charge is 2.25. The molecule has 1 unspecified atom stereocenters. The first-order chi connectivity index (χ1) is 12.8. The summed E-state index contributed by atoms with van der Waals surface area (Å²) in [6.45, 7) is 8.91. The average molecular weight is 366 g/mol. The van der Waals surface area contributed by atoms with E-state index in [2.05, 4.69) is 31.1 Å². The SMILES string of the molecule is Cc1c(O)c(=O)ccn1CC(C)CC(C)(C)n1cc(-c2ccccc2)nn1. The van der Waals surface area contributed by atoms with Crippen LogP contribution < -0.4 is 5.43 Å². The zero-order chi connectivity index (χ0) is 19.6. The molecule has 6 nitrogen and oxygen atoms in total. The molecular formula is C21H26N4O2. The Balaban J connectivity index is 1.73. The van der Waals surface area contributed by atoms with Crippen LogP contribution in [0.15, 0.2) is 53.6 Å². The highest BCUT2D eigenvalue weighted by atomic mass is 16.3. The number of hydrogen-bond donors (Lipinski definition) is 1. The summed E-state index contributed by atoms with van der Waals surface area (Å²) in [6, 6.07) is 11.4. The second-order valence-corrected chi connectivity index (χ2v) is 7.80. The van der Waals surface area contributed by atoms with Crippen LogP contribution >= 0.6 is 0 Å². The van der Waals surface area contributed by atoms with Gasteiger partial charge in [0.2, 0.25) is 5.43 Å². The van der Waals surface area contributed by atoms with Crippen LogP contribution in [0.4, 0.5) is 0 Å². The van der Waals surface area contributed by atoms with Gasteiger partial charge >= 0.3 is 0 Å². The van der Waals surface area contributed by atoms with Crippen molar-refractivity contribution in [2.24, 2.45) is 5.92 Å². The minimum Gasteiger partial charge on any atom is -0.503 e. The summed E-state index contributed by atoms with van der Waals surface area (Å²) < 4.78 is 3.84. The molecule has 27 heavy (non-hydrogen) atoms. The van der Waals surface area contributed by atoms with E-state index in [4.69, 9.17) is 0 Å². The van der Waals surface area contributed by atoms with Gasteiger partial charge in [0.1, 0.15) is 5.69 Å². The van der Waals surface area contributed by atoms with Crippen molar-refractivity contribution in [3.05, 3.63) is 64.7 Å². The van der Waals surface area contributed by atoms with Crippen LogP contribution in [0.25, 0.3) is 11.3 Å². The lowest BCUT2D eigenvalue weighted by atomic mass is 9.91. The number of nitrogens with zero attached hydrogens (tertiary/aromatic N) is 4. The van der Waals surface area contributed by atoms with Gasteiger partial charge in [0.15, 0.2) is 5.75 Å². The van der Waals surface area contributed by atoms with Gasteiger partial charge in [-0.25, -0.2) is 4.68 Å². The minimum absolute atomic E-state index is 0.173. The number of hydrogen-bond acceptors (Lipinski definition) is 4. The van der Waals surface area contributed by atoms with Crippen molar-refractivity contribution in [2.45, 2.75) is 46.2 Å². The molecule has 3 rings (SSSR count). The molecule has 0 amide bonds. The molecule has 0 spiro atoms. The standard InChI is InChI=1S/C21H26N4O2/c1-15(13-24-11-10-19(26)20(27)16(24)2)12-21(3,4)25-14-18(22-23-25)17-8-6-5-7-9-17/h5-11,14-15,27H,12-13H2,1-4H3. The Labute approximate surface area is 159 Å². The maximum atomic E-state index is 11.5. The first kappa shape index (κ1) is 18.9. The molecule has 0 saturated heterocycles. The van der Waals surface area contributed by atoms with Gasteiger partial charge in [0, 0.05) is 24.4 Å². The topological polar surface area (TPSA) is 72.9 Å². The Kier molecular flexibility index (Phi) is 5.17. The summed E-state index contributed by atoms with van der Waals surface area (Å²) in [6.07, 6.45) is 4.60. The van der Waals surface area contributed by atoms with Crippen molar-refractivity contribution in [3.8, 4) is 17.0 Å². The quantitative estimate of drug-likeness (QED) is 0.724. The molecule has 0 aliphatic carbocycles. The second kappa shape index (κ2) is 7.39. The lowest BCUT2D eigenvalue weighted by Crippen LogP contribution is -2.30. The fourth-order valence-electron chi connectivity index (χ4n) is 3.51. The van der Waals surface area contributed by atoms with Gasteiger partial charge < -0.3 is 9.67 Å². The molecule has 1 aromatic carbocycles. The monoisotopic (exact) mass is 366 g/mol. The van der Waals surface area contributed by atoms with E-state index < -0.39 is 0 Å². The predicted octanol–water partition coefficient (Wildman–Crippen LogP) is 3.58. The van der Waals surface area contributed by atoms with E-state index in [-0.39, 0.29) is 16.7 Å². The molecule has 0 saturated carbocycles. The zero-order valence-corrected chi connectivity index (χ0v) is 16.3. The van der Waals surface area contributed by atoms with Crippen LogP contribution in [0.3, 0.4) is 0 Å². The Hall–Kier alpha value is -2.89. The van der Waals surface area contributed by atoms with Crippen LogP contribution in [-0.4, -0.2) is 24.7 Å². The molecule has 0 bridgehead atoms. The van der Waals surface area contributed by atoms with E-state index >= 15 is 0 Å². The van der Waals surface area contributed by atoms with Crippen LogP contribution in [0.1, 0.15) is 32.9 Å². The van der Waals surface area contributed by atoms with E-state index in [0.29, 0.717) is 18.2 Å². The first-order valence-electron chi connectivity index (χ1n) is 9.15. The smallest absolute Gasteiger partial charge is 0.223 e. The molecular weight excluding hydrogens is 340 g/mol. The molecule has 3 aromatic rings. The fourth-order valence-corrected chi connectivity index (χ4v) is 3.51. The number of benzene rings is 1. The lowest BCUT2D eigenvalue weighted by molar-refractivity contribution is 0.233. The Bertz CT molecular complexity index is 973.